The van der Waals surface area contributed by atoms with Crippen LogP contribution in [-0.2, 0) is 9.36 Å². The maximum Gasteiger partial charge on any atom is 0.466 e. The van der Waals surface area contributed by atoms with Crippen LogP contribution in [0.1, 0.15) is 12.8 Å². The van der Waals surface area contributed by atoms with Crippen molar-refractivity contribution in [1.29, 1.82) is 0 Å². The molecule has 0 amide bonds. The summed E-state index contributed by atoms with van der Waals surface area (Å²) in [6.45, 7) is 0.501. The van der Waals surface area contributed by atoms with E-state index < -0.39 is 19.8 Å². The van der Waals surface area contributed by atoms with Crippen molar-refractivity contribution in [1.82, 2.24) is 0 Å². The number of phosphoric acid groups is 1. The van der Waals surface area contributed by atoms with Gasteiger partial charge in [0.1, 0.15) is 6.04 Å². The van der Waals surface area contributed by atoms with Gasteiger partial charge in [0.15, 0.2) is 0 Å². The first kappa shape index (κ1) is 19.9. The van der Waals surface area contributed by atoms with E-state index in [1.165, 1.54) is 0 Å². The van der Waals surface area contributed by atoms with E-state index in [-0.39, 0.29) is 4.70 Å². The van der Waals surface area contributed by atoms with Crippen molar-refractivity contribution in [3.63, 3.8) is 0 Å². The van der Waals surface area contributed by atoms with Crippen LogP contribution in [0.25, 0.3) is 0 Å². The van der Waals surface area contributed by atoms with Crippen LogP contribution in [0.5, 0.6) is 0 Å². The molecule has 0 saturated heterocycles. The van der Waals surface area contributed by atoms with Crippen LogP contribution in [0.15, 0.2) is 0 Å². The highest BCUT2D eigenvalue weighted by Gasteiger charge is 2.08. The zero-order chi connectivity index (χ0) is 11.8. The largest absolute Gasteiger partial charge is 0.480 e. The summed E-state index contributed by atoms with van der Waals surface area (Å²) in [5.41, 5.74) is 10.3. The minimum Gasteiger partial charge on any atom is -0.480 e. The van der Waals surface area contributed by atoms with Gasteiger partial charge in [0, 0.05) is 0 Å². The van der Waals surface area contributed by atoms with Crippen LogP contribution < -0.4 is 11.5 Å². The van der Waals surface area contributed by atoms with Crippen molar-refractivity contribution in [2.45, 2.75) is 18.9 Å². The molecule has 15 heavy (non-hydrogen) atoms. The monoisotopic (exact) mass is 250 g/mol. The van der Waals surface area contributed by atoms with Gasteiger partial charge in [-0.2, -0.15) is 0 Å². The standard InChI is InChI=1S/C5H12N2O2.FH.H3O4P/c6-3-1-2-4(7)5(8)9;;1-5(2,3)4/h4H,1-3,6-7H2,(H,8,9);1H;(H3,1,2,3,4). The van der Waals surface area contributed by atoms with Gasteiger partial charge in [-0.05, 0) is 19.4 Å². The van der Waals surface area contributed by atoms with Gasteiger partial charge < -0.3 is 31.3 Å². The van der Waals surface area contributed by atoms with E-state index in [1.807, 2.05) is 0 Å². The number of hydrogen-bond donors (Lipinski definition) is 6. The van der Waals surface area contributed by atoms with Crippen LogP contribution in [0.2, 0.25) is 0 Å². The predicted octanol–water partition coefficient (Wildman–Crippen LogP) is -1.64. The van der Waals surface area contributed by atoms with Crippen molar-refractivity contribution in [2.24, 2.45) is 11.5 Å². The Labute approximate surface area is 85.5 Å². The van der Waals surface area contributed by atoms with E-state index in [1.54, 1.807) is 0 Å². The van der Waals surface area contributed by atoms with Crippen molar-refractivity contribution < 1.29 is 33.9 Å². The lowest BCUT2D eigenvalue weighted by atomic mass is 10.2. The molecule has 0 aliphatic heterocycles. The Hall–Kier alpha value is -0.570. The number of hydrogen-bond acceptors (Lipinski definition) is 4. The van der Waals surface area contributed by atoms with Crippen LogP contribution >= 0.6 is 7.82 Å². The fourth-order valence-electron chi connectivity index (χ4n) is 0.461. The molecule has 0 saturated carbocycles. The molecule has 1 unspecified atom stereocenters. The number of carboxylic acid groups (broad SMARTS) is 1. The predicted molar refractivity (Wildman–Crippen MR) is 50.7 cm³/mol. The van der Waals surface area contributed by atoms with Crippen molar-refractivity contribution in [3.8, 4) is 0 Å². The minimum absolute atomic E-state index is 0. The summed E-state index contributed by atoms with van der Waals surface area (Å²) in [6, 6.07) is -0.742. The molecule has 0 aromatic heterocycles. The summed E-state index contributed by atoms with van der Waals surface area (Å²) < 4.78 is 8.88. The third kappa shape index (κ3) is 31.8. The van der Waals surface area contributed by atoms with Gasteiger partial charge in [0.2, 0.25) is 0 Å². The molecule has 0 aromatic rings. The smallest absolute Gasteiger partial charge is 0.466 e. The third-order valence-corrected chi connectivity index (χ3v) is 1.04. The van der Waals surface area contributed by atoms with Crippen LogP contribution in [0.3, 0.4) is 0 Å². The maximum absolute atomic E-state index is 10.0. The molecule has 8 N–H and O–H groups in total. The normalized spacial score (nSPS) is 11.8. The summed E-state index contributed by atoms with van der Waals surface area (Å²) in [4.78, 5) is 31.6. The maximum atomic E-state index is 10.0. The Kier molecular flexibility index (Phi) is 13.2. The Morgan fingerprint density at radius 1 is 1.33 bits per heavy atom. The van der Waals surface area contributed by atoms with Gasteiger partial charge in [-0.15, -0.1) is 0 Å². The zero-order valence-electron chi connectivity index (χ0n) is 7.81. The second kappa shape index (κ2) is 9.97. The van der Waals surface area contributed by atoms with E-state index in [9.17, 15) is 4.79 Å². The fourth-order valence-corrected chi connectivity index (χ4v) is 0.461. The topological polar surface area (TPSA) is 167 Å². The molecule has 0 fully saturated rings. The molecular weight excluding hydrogens is 234 g/mol. The van der Waals surface area contributed by atoms with E-state index in [0.717, 1.165) is 0 Å². The SMILES string of the molecule is F.NCCCC(N)C(=O)O.O=P(O)(O)O. The number of aliphatic carboxylic acids is 1. The molecule has 8 nitrogen and oxygen atoms in total. The lowest BCUT2D eigenvalue weighted by Crippen LogP contribution is -2.30. The molecular formula is C5H16FN2O6P. The van der Waals surface area contributed by atoms with Crippen molar-refractivity contribution in [2.75, 3.05) is 6.54 Å². The van der Waals surface area contributed by atoms with Gasteiger partial charge >= 0.3 is 13.8 Å². The average molecular weight is 250 g/mol. The first-order valence-corrected chi connectivity index (χ1v) is 5.21. The van der Waals surface area contributed by atoms with Gasteiger partial charge in [0.25, 0.3) is 0 Å². The van der Waals surface area contributed by atoms with Gasteiger partial charge in [0.05, 0.1) is 0 Å². The first-order valence-electron chi connectivity index (χ1n) is 3.65. The molecule has 0 spiro atoms. The van der Waals surface area contributed by atoms with E-state index in [2.05, 4.69) is 0 Å². The Balaban J connectivity index is -0.000000208. The highest BCUT2D eigenvalue weighted by atomic mass is 31.2. The quantitative estimate of drug-likeness (QED) is 0.323. The number of nitrogens with two attached hydrogens (primary N) is 2. The summed E-state index contributed by atoms with van der Waals surface area (Å²) in [5.74, 6) is -0.955. The zero-order valence-corrected chi connectivity index (χ0v) is 8.71. The molecule has 0 aliphatic carbocycles. The average Bonchev–Trinajstić information content (AvgIpc) is 1.96. The van der Waals surface area contributed by atoms with E-state index in [4.69, 9.17) is 35.8 Å². The molecule has 1 atom stereocenters. The van der Waals surface area contributed by atoms with E-state index in [0.29, 0.717) is 19.4 Å². The number of carboxylic acids is 1. The van der Waals surface area contributed by atoms with Crippen LogP contribution in [0, 0.1) is 0 Å². The van der Waals surface area contributed by atoms with E-state index >= 15 is 0 Å². The highest BCUT2D eigenvalue weighted by molar-refractivity contribution is 7.45. The fraction of sp³-hybridized carbons (Fsp3) is 0.800. The number of halogens is 1. The molecule has 94 valence electrons. The van der Waals surface area contributed by atoms with Crippen LogP contribution in [-0.4, -0.2) is 38.3 Å². The Bertz CT molecular complexity index is 201. The Morgan fingerprint density at radius 3 is 1.87 bits per heavy atom. The minimum atomic E-state index is -4.64. The van der Waals surface area contributed by atoms with Gasteiger partial charge in [-0.3, -0.25) is 9.50 Å². The van der Waals surface area contributed by atoms with Crippen molar-refractivity contribution in [3.05, 3.63) is 0 Å². The van der Waals surface area contributed by atoms with Gasteiger partial charge in [-0.25, -0.2) is 4.57 Å². The molecule has 0 aliphatic rings. The summed E-state index contributed by atoms with van der Waals surface area (Å²) >= 11 is 0. The highest BCUT2D eigenvalue weighted by Crippen LogP contribution is 2.25. The first-order chi connectivity index (χ1) is 6.18. The number of rotatable bonds is 4. The lowest BCUT2D eigenvalue weighted by Gasteiger charge is -2.02. The molecule has 0 heterocycles. The molecule has 0 aromatic carbocycles. The molecule has 0 rings (SSSR count). The van der Waals surface area contributed by atoms with Crippen LogP contribution in [0.4, 0.5) is 4.70 Å². The molecule has 0 bridgehead atoms. The second-order valence-corrected chi connectivity index (χ2v) is 3.42. The summed E-state index contributed by atoms with van der Waals surface area (Å²) in [7, 11) is -4.64. The lowest BCUT2D eigenvalue weighted by molar-refractivity contribution is -0.138. The Morgan fingerprint density at radius 2 is 1.67 bits per heavy atom. The number of carbonyl (C=O) groups is 1. The molecule has 10 heteroatoms. The molecule has 0 radical (unpaired) electrons. The second-order valence-electron chi connectivity index (χ2n) is 2.39. The third-order valence-electron chi connectivity index (χ3n) is 1.04. The van der Waals surface area contributed by atoms with Gasteiger partial charge in [-0.1, -0.05) is 0 Å². The summed E-state index contributed by atoms with van der Waals surface area (Å²) in [5, 5.41) is 8.24. The van der Waals surface area contributed by atoms with Crippen molar-refractivity contribution >= 4 is 13.8 Å². The summed E-state index contributed by atoms with van der Waals surface area (Å²) in [6.07, 6.45) is 1.14.